The normalized spacial score (nSPS) is 10.4. The Morgan fingerprint density at radius 3 is 2.44 bits per heavy atom. The van der Waals surface area contributed by atoms with Gasteiger partial charge in [0.1, 0.15) is 5.75 Å². The molecule has 2 rings (SSSR count). The van der Waals surface area contributed by atoms with Crippen molar-refractivity contribution in [3.63, 3.8) is 0 Å². The zero-order valence-electron chi connectivity index (χ0n) is 10.5. The molecule has 0 atom stereocenters. The van der Waals surface area contributed by atoms with Crippen molar-refractivity contribution in [1.82, 2.24) is 9.97 Å². The molecule has 94 valence electrons. The van der Waals surface area contributed by atoms with E-state index in [0.29, 0.717) is 5.75 Å². The topological polar surface area (TPSA) is 75.0 Å². The quantitative estimate of drug-likeness (QED) is 0.848. The van der Waals surface area contributed by atoms with E-state index in [1.165, 1.54) is 6.20 Å². The number of hydrogen-bond acceptors (Lipinski definition) is 3. The Morgan fingerprint density at radius 1 is 1.06 bits per heavy atom. The molecule has 5 heteroatoms. The molecule has 1 aromatic carbocycles. The van der Waals surface area contributed by atoms with Gasteiger partial charge in [0.25, 0.3) is 5.56 Å². The summed E-state index contributed by atoms with van der Waals surface area (Å²) in [5, 5.41) is 0. The minimum Gasteiger partial charge on any atom is -0.450 e. The summed E-state index contributed by atoms with van der Waals surface area (Å²) < 4.78 is 5.54. The van der Waals surface area contributed by atoms with E-state index in [9.17, 15) is 9.59 Å². The van der Waals surface area contributed by atoms with Crippen LogP contribution >= 0.6 is 0 Å². The molecule has 0 amide bonds. The molecular weight excluding hydrogens is 232 g/mol. The molecule has 0 saturated carbocycles. The van der Waals surface area contributed by atoms with Gasteiger partial charge in [0.2, 0.25) is 5.75 Å². The minimum absolute atomic E-state index is 0.0719. The summed E-state index contributed by atoms with van der Waals surface area (Å²) in [5.41, 5.74) is 2.01. The van der Waals surface area contributed by atoms with Crippen LogP contribution in [0.2, 0.25) is 0 Å². The molecule has 1 heterocycles. The lowest BCUT2D eigenvalue weighted by Crippen LogP contribution is -2.22. The number of hydrogen-bond donors (Lipinski definition) is 2. The van der Waals surface area contributed by atoms with Crippen LogP contribution in [0.5, 0.6) is 11.5 Å². The lowest BCUT2D eigenvalue weighted by atomic mass is 10.1. The fraction of sp³-hybridized carbons (Fsp3) is 0.231. The molecule has 0 radical (unpaired) electrons. The highest BCUT2D eigenvalue weighted by Gasteiger charge is 2.08. The van der Waals surface area contributed by atoms with Gasteiger partial charge in [-0.3, -0.25) is 9.78 Å². The van der Waals surface area contributed by atoms with Crippen LogP contribution in [-0.2, 0) is 0 Å². The van der Waals surface area contributed by atoms with Crippen LogP contribution in [0, 0.1) is 20.8 Å². The second kappa shape index (κ2) is 4.52. The number of aryl methyl sites for hydroxylation is 2. The number of ether oxygens (including phenoxy) is 1. The van der Waals surface area contributed by atoms with Gasteiger partial charge in [-0.15, -0.1) is 0 Å². The molecule has 0 aliphatic rings. The molecule has 0 unspecified atom stereocenters. The first-order valence-electron chi connectivity index (χ1n) is 5.55. The Labute approximate surface area is 103 Å². The van der Waals surface area contributed by atoms with E-state index in [1.54, 1.807) is 0 Å². The highest BCUT2D eigenvalue weighted by molar-refractivity contribution is 5.43. The molecule has 0 fully saturated rings. The Hall–Kier alpha value is -2.30. The lowest BCUT2D eigenvalue weighted by molar-refractivity contribution is 0.466. The zero-order valence-corrected chi connectivity index (χ0v) is 10.5. The van der Waals surface area contributed by atoms with E-state index in [2.05, 4.69) is 9.97 Å². The maximum atomic E-state index is 11.5. The third-order valence-electron chi connectivity index (χ3n) is 2.77. The van der Waals surface area contributed by atoms with Gasteiger partial charge in [-0.05, 0) is 43.5 Å². The van der Waals surface area contributed by atoms with Crippen LogP contribution < -0.4 is 16.0 Å². The van der Waals surface area contributed by atoms with Crippen LogP contribution in [0.15, 0.2) is 27.9 Å². The standard InChI is InChI=1S/C13H14N2O3/c1-7-4-8(2)9(3)10(5-7)18-11-6-14-13(17)15-12(11)16/h4-6H,1-3H3,(H2,14,15,16,17). The van der Waals surface area contributed by atoms with Crippen molar-refractivity contribution in [1.29, 1.82) is 0 Å². The molecule has 0 spiro atoms. The fourth-order valence-corrected chi connectivity index (χ4v) is 1.70. The molecule has 5 nitrogen and oxygen atoms in total. The van der Waals surface area contributed by atoms with E-state index < -0.39 is 11.2 Å². The summed E-state index contributed by atoms with van der Waals surface area (Å²) in [6.45, 7) is 5.85. The van der Waals surface area contributed by atoms with E-state index in [0.717, 1.165) is 16.7 Å². The van der Waals surface area contributed by atoms with Crippen molar-refractivity contribution in [2.45, 2.75) is 20.8 Å². The van der Waals surface area contributed by atoms with Gasteiger partial charge in [-0.25, -0.2) is 4.79 Å². The number of aromatic nitrogens is 2. The number of aromatic amines is 2. The Bertz CT molecular complexity index is 698. The average molecular weight is 246 g/mol. The number of benzene rings is 1. The second-order valence-electron chi connectivity index (χ2n) is 4.24. The number of nitrogens with one attached hydrogen (secondary N) is 2. The SMILES string of the molecule is Cc1cc(C)c(C)c(Oc2c[nH]c(=O)[nH]c2=O)c1. The molecule has 0 aliphatic carbocycles. The molecule has 2 N–H and O–H groups in total. The van der Waals surface area contributed by atoms with Gasteiger partial charge in [-0.1, -0.05) is 6.07 Å². The Balaban J connectivity index is 2.46. The lowest BCUT2D eigenvalue weighted by Gasteiger charge is -2.11. The first kappa shape index (κ1) is 12.2. The average Bonchev–Trinajstić information content (AvgIpc) is 2.29. The maximum absolute atomic E-state index is 11.5. The van der Waals surface area contributed by atoms with Gasteiger partial charge in [-0.2, -0.15) is 0 Å². The van der Waals surface area contributed by atoms with E-state index >= 15 is 0 Å². The van der Waals surface area contributed by atoms with Crippen molar-refractivity contribution >= 4 is 0 Å². The molecule has 0 bridgehead atoms. The summed E-state index contributed by atoms with van der Waals surface area (Å²) in [4.78, 5) is 26.9. The van der Waals surface area contributed by atoms with Crippen molar-refractivity contribution in [3.8, 4) is 11.5 Å². The van der Waals surface area contributed by atoms with Crippen molar-refractivity contribution in [2.75, 3.05) is 0 Å². The zero-order chi connectivity index (χ0) is 13.3. The predicted molar refractivity (Wildman–Crippen MR) is 68.4 cm³/mol. The van der Waals surface area contributed by atoms with E-state index in [-0.39, 0.29) is 5.75 Å². The molecular formula is C13H14N2O3. The first-order chi connectivity index (χ1) is 8.47. The summed E-state index contributed by atoms with van der Waals surface area (Å²) >= 11 is 0. The third kappa shape index (κ3) is 2.34. The fourth-order valence-electron chi connectivity index (χ4n) is 1.70. The molecule has 18 heavy (non-hydrogen) atoms. The molecule has 0 aliphatic heterocycles. The van der Waals surface area contributed by atoms with E-state index in [4.69, 9.17) is 4.74 Å². The molecule has 0 saturated heterocycles. The minimum atomic E-state index is -0.551. The Kier molecular flexibility index (Phi) is 3.06. The summed E-state index contributed by atoms with van der Waals surface area (Å²) in [6, 6.07) is 3.90. The summed E-state index contributed by atoms with van der Waals surface area (Å²) in [5.74, 6) is 0.688. The van der Waals surface area contributed by atoms with Crippen molar-refractivity contribution in [3.05, 3.63) is 55.9 Å². The van der Waals surface area contributed by atoms with E-state index in [1.807, 2.05) is 32.9 Å². The van der Waals surface area contributed by atoms with Crippen LogP contribution in [0.1, 0.15) is 16.7 Å². The highest BCUT2D eigenvalue weighted by atomic mass is 16.5. The van der Waals surface area contributed by atoms with Gasteiger partial charge >= 0.3 is 5.69 Å². The largest absolute Gasteiger partial charge is 0.450 e. The predicted octanol–water partition coefficient (Wildman–Crippen LogP) is 1.78. The molecule has 1 aromatic heterocycles. The van der Waals surface area contributed by atoms with Crippen molar-refractivity contribution in [2.24, 2.45) is 0 Å². The van der Waals surface area contributed by atoms with Crippen molar-refractivity contribution < 1.29 is 4.74 Å². The highest BCUT2D eigenvalue weighted by Crippen LogP contribution is 2.26. The second-order valence-corrected chi connectivity index (χ2v) is 4.24. The smallest absolute Gasteiger partial charge is 0.325 e. The van der Waals surface area contributed by atoms with Gasteiger partial charge < -0.3 is 9.72 Å². The number of H-pyrrole nitrogens is 2. The first-order valence-corrected chi connectivity index (χ1v) is 5.55. The van der Waals surface area contributed by atoms with Crippen LogP contribution in [0.3, 0.4) is 0 Å². The van der Waals surface area contributed by atoms with Gasteiger partial charge in [0, 0.05) is 0 Å². The van der Waals surface area contributed by atoms with Crippen LogP contribution in [-0.4, -0.2) is 9.97 Å². The molecule has 2 aromatic rings. The Morgan fingerprint density at radius 2 is 1.78 bits per heavy atom. The number of rotatable bonds is 2. The monoisotopic (exact) mass is 246 g/mol. The third-order valence-corrected chi connectivity index (χ3v) is 2.77. The van der Waals surface area contributed by atoms with Crippen LogP contribution in [0.4, 0.5) is 0 Å². The summed E-state index contributed by atoms with van der Waals surface area (Å²) in [7, 11) is 0. The summed E-state index contributed by atoms with van der Waals surface area (Å²) in [6.07, 6.45) is 1.26. The van der Waals surface area contributed by atoms with Crippen LogP contribution in [0.25, 0.3) is 0 Å². The van der Waals surface area contributed by atoms with Gasteiger partial charge in [0.05, 0.1) is 6.20 Å². The maximum Gasteiger partial charge on any atom is 0.325 e. The van der Waals surface area contributed by atoms with Gasteiger partial charge in [0.15, 0.2) is 0 Å².